The van der Waals surface area contributed by atoms with Gasteiger partial charge in [-0.15, -0.1) is 10.2 Å². The van der Waals surface area contributed by atoms with Gasteiger partial charge in [-0.2, -0.15) is 0 Å². The lowest BCUT2D eigenvalue weighted by atomic mass is 10.1. The van der Waals surface area contributed by atoms with Gasteiger partial charge >= 0.3 is 5.63 Å². The Balaban J connectivity index is 1.85. The van der Waals surface area contributed by atoms with Crippen LogP contribution in [0.1, 0.15) is 5.56 Å². The molecule has 0 N–H and O–H groups in total. The lowest BCUT2D eigenvalue weighted by Crippen LogP contribution is -2.05. The maximum absolute atomic E-state index is 11.7. The molecule has 0 saturated carbocycles. The lowest BCUT2D eigenvalue weighted by Gasteiger charge is -2.07. The number of hydrogen-bond donors (Lipinski definition) is 0. The van der Waals surface area contributed by atoms with Crippen LogP contribution in [0.25, 0.3) is 11.0 Å². The molecule has 0 aliphatic carbocycles. The van der Waals surface area contributed by atoms with Gasteiger partial charge in [0.15, 0.2) is 5.16 Å². The molecule has 6 nitrogen and oxygen atoms in total. The molecular weight excluding hydrogens is 382 g/mol. The second-order valence-corrected chi connectivity index (χ2v) is 6.68. The zero-order chi connectivity index (χ0) is 16.2. The standard InChI is InChI=1S/C15H14BrN3O3S/c1-21-5-4-19-9-17-18-15(19)23-8-10-6-14(20)22-13-7-11(16)2-3-12(10)13/h2-3,6-7,9H,4-5,8H2,1H3. The number of nitrogens with zero attached hydrogens (tertiary/aromatic N) is 3. The third kappa shape index (κ3) is 3.82. The Kier molecular flexibility index (Phi) is 5.14. The SMILES string of the molecule is COCCn1cnnc1SCc1cc(=O)oc2cc(Br)ccc12. The summed E-state index contributed by atoms with van der Waals surface area (Å²) in [5.74, 6) is 0.607. The summed E-state index contributed by atoms with van der Waals surface area (Å²) in [7, 11) is 1.66. The van der Waals surface area contributed by atoms with E-state index in [1.54, 1.807) is 19.5 Å². The minimum absolute atomic E-state index is 0.355. The number of fused-ring (bicyclic) bond motifs is 1. The zero-order valence-electron chi connectivity index (χ0n) is 12.4. The maximum atomic E-state index is 11.7. The van der Waals surface area contributed by atoms with Crippen molar-refractivity contribution in [2.24, 2.45) is 0 Å². The molecule has 0 aliphatic heterocycles. The number of methoxy groups -OCH3 is 1. The Bertz CT molecular complexity index is 878. The quantitative estimate of drug-likeness (QED) is 0.471. The van der Waals surface area contributed by atoms with Gasteiger partial charge in [0, 0.05) is 35.3 Å². The molecule has 0 aliphatic rings. The molecule has 8 heteroatoms. The van der Waals surface area contributed by atoms with E-state index in [1.807, 2.05) is 16.7 Å². The number of halogens is 1. The largest absolute Gasteiger partial charge is 0.423 e. The van der Waals surface area contributed by atoms with Gasteiger partial charge in [0.2, 0.25) is 0 Å². The summed E-state index contributed by atoms with van der Waals surface area (Å²) in [4.78, 5) is 11.7. The van der Waals surface area contributed by atoms with E-state index in [0.29, 0.717) is 24.5 Å². The first-order valence-electron chi connectivity index (χ1n) is 6.89. The number of hydrogen-bond acceptors (Lipinski definition) is 6. The average Bonchev–Trinajstić information content (AvgIpc) is 2.97. The Morgan fingerprint density at radius 3 is 3.09 bits per heavy atom. The van der Waals surface area contributed by atoms with Crippen molar-refractivity contribution in [3.63, 3.8) is 0 Å². The Morgan fingerprint density at radius 1 is 1.39 bits per heavy atom. The smallest absolute Gasteiger partial charge is 0.336 e. The molecule has 0 bridgehead atoms. The molecule has 3 rings (SSSR count). The van der Waals surface area contributed by atoms with Gasteiger partial charge in [-0.3, -0.25) is 0 Å². The minimum Gasteiger partial charge on any atom is -0.423 e. The van der Waals surface area contributed by atoms with Crippen LogP contribution in [0.3, 0.4) is 0 Å². The van der Waals surface area contributed by atoms with Crippen molar-refractivity contribution in [1.29, 1.82) is 0 Å². The number of benzene rings is 1. The van der Waals surface area contributed by atoms with Crippen molar-refractivity contribution >= 4 is 38.7 Å². The second kappa shape index (κ2) is 7.29. The Morgan fingerprint density at radius 2 is 2.26 bits per heavy atom. The summed E-state index contributed by atoms with van der Waals surface area (Å²) in [6, 6.07) is 7.19. The Hall–Kier alpha value is -1.64. The predicted octanol–water partition coefficient (Wildman–Crippen LogP) is 3.09. The van der Waals surface area contributed by atoms with Crippen molar-refractivity contribution < 1.29 is 9.15 Å². The number of thioether (sulfide) groups is 1. The van der Waals surface area contributed by atoms with Crippen LogP contribution in [0.15, 0.2) is 49.4 Å². The van der Waals surface area contributed by atoms with E-state index >= 15 is 0 Å². The van der Waals surface area contributed by atoms with Gasteiger partial charge in [-0.05, 0) is 23.8 Å². The monoisotopic (exact) mass is 395 g/mol. The number of aromatic nitrogens is 3. The van der Waals surface area contributed by atoms with Crippen LogP contribution < -0.4 is 5.63 Å². The van der Waals surface area contributed by atoms with E-state index < -0.39 is 0 Å². The van der Waals surface area contributed by atoms with Crippen LogP contribution in [-0.4, -0.2) is 28.5 Å². The highest BCUT2D eigenvalue weighted by molar-refractivity contribution is 9.10. The molecule has 3 aromatic rings. The van der Waals surface area contributed by atoms with E-state index in [0.717, 1.165) is 20.6 Å². The van der Waals surface area contributed by atoms with Crippen molar-refractivity contribution in [2.45, 2.75) is 17.5 Å². The van der Waals surface area contributed by atoms with Gasteiger partial charge in [0.1, 0.15) is 11.9 Å². The van der Waals surface area contributed by atoms with Gasteiger partial charge < -0.3 is 13.7 Å². The van der Waals surface area contributed by atoms with E-state index in [4.69, 9.17) is 9.15 Å². The highest BCUT2D eigenvalue weighted by atomic mass is 79.9. The molecule has 0 radical (unpaired) electrons. The van der Waals surface area contributed by atoms with Crippen LogP contribution in [-0.2, 0) is 17.0 Å². The predicted molar refractivity (Wildman–Crippen MR) is 91.6 cm³/mol. The molecule has 0 amide bonds. The molecule has 120 valence electrons. The van der Waals surface area contributed by atoms with E-state index in [2.05, 4.69) is 26.1 Å². The molecule has 0 saturated heterocycles. The van der Waals surface area contributed by atoms with E-state index in [1.165, 1.54) is 17.8 Å². The first-order chi connectivity index (χ1) is 11.2. The molecule has 1 aromatic carbocycles. The Labute approximate surface area is 145 Å². The first kappa shape index (κ1) is 16.2. The summed E-state index contributed by atoms with van der Waals surface area (Å²) in [5, 5.41) is 9.75. The van der Waals surface area contributed by atoms with Gasteiger partial charge in [-0.1, -0.05) is 27.7 Å². The molecular formula is C15H14BrN3O3S. The van der Waals surface area contributed by atoms with Gasteiger partial charge in [0.05, 0.1) is 6.61 Å². The van der Waals surface area contributed by atoms with Crippen molar-refractivity contribution in [1.82, 2.24) is 14.8 Å². The topological polar surface area (TPSA) is 70.2 Å². The third-order valence-corrected chi connectivity index (χ3v) is 4.79. The van der Waals surface area contributed by atoms with Crippen LogP contribution in [0, 0.1) is 0 Å². The van der Waals surface area contributed by atoms with Crippen molar-refractivity contribution in [3.05, 3.63) is 51.0 Å². The van der Waals surface area contributed by atoms with Gasteiger partial charge in [0.25, 0.3) is 0 Å². The van der Waals surface area contributed by atoms with Crippen molar-refractivity contribution in [2.75, 3.05) is 13.7 Å². The van der Waals surface area contributed by atoms with Crippen LogP contribution in [0.2, 0.25) is 0 Å². The number of ether oxygens (including phenoxy) is 1. The maximum Gasteiger partial charge on any atom is 0.336 e. The van der Waals surface area contributed by atoms with Gasteiger partial charge in [-0.25, -0.2) is 4.79 Å². The molecule has 0 fully saturated rings. The fraction of sp³-hybridized carbons (Fsp3) is 0.267. The molecule has 0 unspecified atom stereocenters. The molecule has 2 aromatic heterocycles. The lowest BCUT2D eigenvalue weighted by molar-refractivity contribution is 0.184. The summed E-state index contributed by atoms with van der Waals surface area (Å²) < 4.78 is 13.1. The van der Waals surface area contributed by atoms with Crippen LogP contribution >= 0.6 is 27.7 Å². The highest BCUT2D eigenvalue weighted by Gasteiger charge is 2.10. The van der Waals surface area contributed by atoms with Crippen LogP contribution in [0.5, 0.6) is 0 Å². The summed E-state index contributed by atoms with van der Waals surface area (Å²) in [5.41, 5.74) is 1.13. The summed E-state index contributed by atoms with van der Waals surface area (Å²) >= 11 is 4.91. The molecule has 2 heterocycles. The summed E-state index contributed by atoms with van der Waals surface area (Å²) in [6.07, 6.45) is 1.68. The van der Waals surface area contributed by atoms with E-state index in [-0.39, 0.29) is 5.63 Å². The fourth-order valence-electron chi connectivity index (χ4n) is 2.16. The normalized spacial score (nSPS) is 11.2. The average molecular weight is 396 g/mol. The minimum atomic E-state index is -0.355. The summed E-state index contributed by atoms with van der Waals surface area (Å²) in [6.45, 7) is 1.29. The molecule has 23 heavy (non-hydrogen) atoms. The number of rotatable bonds is 6. The second-order valence-electron chi connectivity index (χ2n) is 4.82. The highest BCUT2D eigenvalue weighted by Crippen LogP contribution is 2.27. The zero-order valence-corrected chi connectivity index (χ0v) is 14.8. The third-order valence-electron chi connectivity index (χ3n) is 3.27. The molecule has 0 atom stereocenters. The van der Waals surface area contributed by atoms with Crippen LogP contribution in [0.4, 0.5) is 0 Å². The molecule has 0 spiro atoms. The van der Waals surface area contributed by atoms with E-state index in [9.17, 15) is 4.79 Å². The first-order valence-corrected chi connectivity index (χ1v) is 8.67. The van der Waals surface area contributed by atoms with Crippen molar-refractivity contribution in [3.8, 4) is 0 Å². The fourth-order valence-corrected chi connectivity index (χ4v) is 3.44.